The number of nitriles is 1. The van der Waals surface area contributed by atoms with Crippen LogP contribution in [0.4, 0.5) is 14.5 Å². The minimum Gasteiger partial charge on any atom is -0.325 e. The molecule has 0 fully saturated rings. The van der Waals surface area contributed by atoms with Gasteiger partial charge in [-0.3, -0.25) is 9.59 Å². The third-order valence-electron chi connectivity index (χ3n) is 3.22. The molecule has 1 N–H and O–H groups in total. The highest BCUT2D eigenvalue weighted by Crippen LogP contribution is 2.23. The first-order chi connectivity index (χ1) is 11.8. The number of nitrogens with one attached hydrogen (secondary N) is 1. The van der Waals surface area contributed by atoms with E-state index in [2.05, 4.69) is 10.3 Å². The number of amides is 1. The van der Waals surface area contributed by atoms with Gasteiger partial charge in [0.05, 0.1) is 11.3 Å². The lowest BCUT2D eigenvalue weighted by atomic mass is 10.1. The minimum absolute atomic E-state index is 0.0838. The predicted octanol–water partition coefficient (Wildman–Crippen LogP) is 3.47. The molecular weight excluding hydrogens is 348 g/mol. The molecule has 0 aliphatic rings. The summed E-state index contributed by atoms with van der Waals surface area (Å²) in [6.07, 6.45) is 0. The van der Waals surface area contributed by atoms with Crippen LogP contribution in [0.1, 0.15) is 28.5 Å². The molecule has 8 heteroatoms. The zero-order valence-corrected chi connectivity index (χ0v) is 14.2. The van der Waals surface area contributed by atoms with Crippen LogP contribution in [-0.2, 0) is 4.79 Å². The van der Waals surface area contributed by atoms with Crippen molar-refractivity contribution in [2.45, 2.75) is 18.9 Å². The van der Waals surface area contributed by atoms with Gasteiger partial charge in [0.15, 0.2) is 17.4 Å². The lowest BCUT2D eigenvalue weighted by Gasteiger charge is -2.08. The summed E-state index contributed by atoms with van der Waals surface area (Å²) in [5, 5.41) is 11.9. The summed E-state index contributed by atoms with van der Waals surface area (Å²) >= 11 is 1.02. The van der Waals surface area contributed by atoms with Crippen molar-refractivity contribution in [1.29, 1.82) is 5.26 Å². The largest absolute Gasteiger partial charge is 0.325 e. The van der Waals surface area contributed by atoms with Gasteiger partial charge in [-0.2, -0.15) is 5.26 Å². The van der Waals surface area contributed by atoms with Crippen molar-refractivity contribution in [3.8, 4) is 6.07 Å². The molecule has 0 atom stereocenters. The van der Waals surface area contributed by atoms with E-state index >= 15 is 0 Å². The molecule has 1 amide bonds. The molecule has 0 aliphatic heterocycles. The molecule has 1 aromatic heterocycles. The molecule has 0 bridgehead atoms. The van der Waals surface area contributed by atoms with E-state index in [0.29, 0.717) is 16.3 Å². The first-order valence-corrected chi connectivity index (χ1v) is 8.10. The van der Waals surface area contributed by atoms with Crippen LogP contribution in [0.5, 0.6) is 0 Å². The number of halogens is 2. The number of anilines is 1. The smallest absolute Gasteiger partial charge is 0.234 e. The molecule has 2 rings (SSSR count). The van der Waals surface area contributed by atoms with Gasteiger partial charge < -0.3 is 5.32 Å². The van der Waals surface area contributed by atoms with Gasteiger partial charge in [0.2, 0.25) is 5.91 Å². The van der Waals surface area contributed by atoms with Gasteiger partial charge in [-0.25, -0.2) is 13.8 Å². The number of nitrogens with zero attached hydrogens (tertiary/aromatic N) is 2. The molecule has 0 spiro atoms. The Labute approximate surface area is 147 Å². The van der Waals surface area contributed by atoms with E-state index in [1.165, 1.54) is 19.1 Å². The van der Waals surface area contributed by atoms with Crippen molar-refractivity contribution in [1.82, 2.24) is 4.98 Å². The summed E-state index contributed by atoms with van der Waals surface area (Å²) in [4.78, 5) is 27.6. The van der Waals surface area contributed by atoms with Gasteiger partial charge in [-0.05, 0) is 32.0 Å². The number of thioether (sulfide) groups is 1. The second-order valence-electron chi connectivity index (χ2n) is 5.11. The molecule has 0 saturated carbocycles. The maximum absolute atomic E-state index is 13.1. The van der Waals surface area contributed by atoms with Gasteiger partial charge in [-0.15, -0.1) is 0 Å². The fraction of sp³-hybridized carbons (Fsp3) is 0.176. The Morgan fingerprint density at radius 3 is 2.60 bits per heavy atom. The molecule has 25 heavy (non-hydrogen) atoms. The number of ketones is 1. The Hall–Kier alpha value is -2.79. The van der Waals surface area contributed by atoms with Gasteiger partial charge in [0.1, 0.15) is 11.1 Å². The number of hydrogen-bond donors (Lipinski definition) is 1. The fourth-order valence-corrected chi connectivity index (χ4v) is 2.84. The maximum Gasteiger partial charge on any atom is 0.234 e. The van der Waals surface area contributed by atoms with E-state index in [0.717, 1.165) is 23.9 Å². The first-order valence-electron chi connectivity index (χ1n) is 7.12. The Bertz CT molecular complexity index is 894. The van der Waals surface area contributed by atoms with Gasteiger partial charge >= 0.3 is 0 Å². The van der Waals surface area contributed by atoms with Crippen molar-refractivity contribution >= 4 is 29.1 Å². The fourth-order valence-electron chi connectivity index (χ4n) is 2.03. The van der Waals surface area contributed by atoms with Crippen LogP contribution < -0.4 is 5.32 Å². The van der Waals surface area contributed by atoms with Crippen molar-refractivity contribution in [2.24, 2.45) is 0 Å². The molecule has 128 valence electrons. The number of carbonyl (C=O) groups excluding carboxylic acids is 2. The average molecular weight is 361 g/mol. The van der Waals surface area contributed by atoms with Gasteiger partial charge in [0.25, 0.3) is 0 Å². The molecule has 0 aliphatic carbocycles. The molecule has 0 saturated heterocycles. The van der Waals surface area contributed by atoms with E-state index in [1.54, 1.807) is 6.92 Å². The molecule has 0 radical (unpaired) electrons. The second kappa shape index (κ2) is 7.85. The molecule has 2 aromatic rings. The number of hydrogen-bond acceptors (Lipinski definition) is 5. The Balaban J connectivity index is 2.09. The Morgan fingerprint density at radius 1 is 1.28 bits per heavy atom. The van der Waals surface area contributed by atoms with Crippen molar-refractivity contribution in [2.75, 3.05) is 11.1 Å². The van der Waals surface area contributed by atoms with Crippen LogP contribution in [0.15, 0.2) is 29.3 Å². The summed E-state index contributed by atoms with van der Waals surface area (Å²) < 4.78 is 26.0. The molecule has 5 nitrogen and oxygen atoms in total. The topological polar surface area (TPSA) is 82.8 Å². The van der Waals surface area contributed by atoms with Crippen LogP contribution >= 0.6 is 11.8 Å². The number of Topliss-reactive ketones (excluding diaryl/α,β-unsaturated/α-hetero) is 1. The lowest BCUT2D eigenvalue weighted by Crippen LogP contribution is -2.14. The first kappa shape index (κ1) is 18.5. The highest BCUT2D eigenvalue weighted by atomic mass is 32.2. The van der Waals surface area contributed by atoms with E-state index in [-0.39, 0.29) is 22.8 Å². The number of rotatable bonds is 5. The third-order valence-corrected chi connectivity index (χ3v) is 4.21. The Morgan fingerprint density at radius 2 is 2.00 bits per heavy atom. The van der Waals surface area contributed by atoms with E-state index in [1.807, 2.05) is 6.07 Å². The SMILES string of the molecule is CC(=O)c1cc(C#N)c(SCC(=O)Nc2ccc(F)c(F)c2)nc1C. The summed E-state index contributed by atoms with van der Waals surface area (Å²) in [6, 6.07) is 6.42. The summed E-state index contributed by atoms with van der Waals surface area (Å²) in [6.45, 7) is 3.02. The summed E-state index contributed by atoms with van der Waals surface area (Å²) in [7, 11) is 0. The highest BCUT2D eigenvalue weighted by Gasteiger charge is 2.14. The minimum atomic E-state index is -1.06. The van der Waals surface area contributed by atoms with Crippen molar-refractivity contribution in [3.63, 3.8) is 0 Å². The summed E-state index contributed by atoms with van der Waals surface area (Å²) in [5.74, 6) is -2.81. The van der Waals surface area contributed by atoms with Gasteiger partial charge in [-0.1, -0.05) is 11.8 Å². The van der Waals surface area contributed by atoms with Crippen molar-refractivity contribution < 1.29 is 18.4 Å². The lowest BCUT2D eigenvalue weighted by molar-refractivity contribution is -0.113. The van der Waals surface area contributed by atoms with Crippen LogP contribution in [0.25, 0.3) is 0 Å². The zero-order chi connectivity index (χ0) is 18.6. The number of benzene rings is 1. The standard InChI is InChI=1S/C17H13F2N3O2S/c1-9-13(10(2)23)5-11(7-20)17(21-9)25-8-16(24)22-12-3-4-14(18)15(19)6-12/h3-6H,8H2,1-2H3,(H,22,24). The maximum atomic E-state index is 13.1. The number of aryl methyl sites for hydroxylation is 1. The van der Waals surface area contributed by atoms with Crippen LogP contribution in [0.3, 0.4) is 0 Å². The molecule has 1 aromatic carbocycles. The number of aromatic nitrogens is 1. The van der Waals surface area contributed by atoms with Crippen molar-refractivity contribution in [3.05, 3.63) is 52.7 Å². The zero-order valence-electron chi connectivity index (χ0n) is 13.4. The Kier molecular flexibility index (Phi) is 5.83. The molecule has 1 heterocycles. The number of pyridine rings is 1. The highest BCUT2D eigenvalue weighted by molar-refractivity contribution is 8.00. The molecular formula is C17H13F2N3O2S. The predicted molar refractivity (Wildman–Crippen MR) is 89.4 cm³/mol. The average Bonchev–Trinajstić information content (AvgIpc) is 2.56. The quantitative estimate of drug-likeness (QED) is 0.651. The monoisotopic (exact) mass is 361 g/mol. The number of carbonyl (C=O) groups is 2. The summed E-state index contributed by atoms with van der Waals surface area (Å²) in [5.41, 5.74) is 1.14. The van der Waals surface area contributed by atoms with Gasteiger partial charge in [0, 0.05) is 23.0 Å². The second-order valence-corrected chi connectivity index (χ2v) is 6.07. The normalized spacial score (nSPS) is 10.2. The van der Waals surface area contributed by atoms with Crippen LogP contribution in [0, 0.1) is 29.9 Å². The van der Waals surface area contributed by atoms with E-state index in [9.17, 15) is 23.6 Å². The van der Waals surface area contributed by atoms with E-state index in [4.69, 9.17) is 0 Å². The third kappa shape index (κ3) is 4.61. The van der Waals surface area contributed by atoms with E-state index < -0.39 is 17.5 Å². The van der Waals surface area contributed by atoms with Crippen LogP contribution in [0.2, 0.25) is 0 Å². The van der Waals surface area contributed by atoms with Crippen LogP contribution in [-0.4, -0.2) is 22.4 Å². The molecule has 0 unspecified atom stereocenters.